The van der Waals surface area contributed by atoms with E-state index >= 15 is 0 Å². The first-order valence-electron chi connectivity index (χ1n) is 6.11. The van der Waals surface area contributed by atoms with E-state index in [1.165, 1.54) is 6.07 Å². The first-order chi connectivity index (χ1) is 9.22. The maximum atomic E-state index is 14.4. The zero-order valence-corrected chi connectivity index (χ0v) is 10.4. The molecule has 2 nitrogen and oxygen atoms in total. The summed E-state index contributed by atoms with van der Waals surface area (Å²) in [6.45, 7) is 1.87. The van der Waals surface area contributed by atoms with Gasteiger partial charge in [0.25, 0.3) is 0 Å². The molecule has 0 bridgehead atoms. The van der Waals surface area contributed by atoms with Crippen molar-refractivity contribution in [2.24, 2.45) is 0 Å². The van der Waals surface area contributed by atoms with Crippen molar-refractivity contribution in [1.29, 1.82) is 0 Å². The average molecular weight is 258 g/mol. The molecule has 2 aromatic heterocycles. The molecule has 4 heteroatoms. The minimum absolute atomic E-state index is 0.209. The fraction of sp³-hybridized carbons (Fsp3) is 0.133. The summed E-state index contributed by atoms with van der Waals surface area (Å²) in [5, 5.41) is 0. The highest BCUT2D eigenvalue weighted by atomic mass is 19.1. The minimum atomic E-state index is -0.467. The third-order valence-corrected chi connectivity index (χ3v) is 3.24. The molecule has 0 atom stereocenters. The Labute approximate surface area is 109 Å². The average Bonchev–Trinajstić information content (AvgIpc) is 2.88. The highest BCUT2D eigenvalue weighted by Crippen LogP contribution is 2.30. The van der Waals surface area contributed by atoms with Crippen LogP contribution in [0.4, 0.5) is 8.78 Å². The number of aryl methyl sites for hydroxylation is 1. The third kappa shape index (κ3) is 1.80. The fourth-order valence-electron chi connectivity index (χ4n) is 2.26. The number of hydrogen-bond acceptors (Lipinski definition) is 1. The number of hydrogen-bond donors (Lipinski definition) is 0. The minimum Gasteiger partial charge on any atom is -0.306 e. The van der Waals surface area contributed by atoms with Crippen LogP contribution in [0, 0.1) is 11.6 Å². The van der Waals surface area contributed by atoms with Crippen LogP contribution in [-0.2, 0) is 6.42 Å². The Morgan fingerprint density at radius 2 is 2.00 bits per heavy atom. The van der Waals surface area contributed by atoms with E-state index in [4.69, 9.17) is 0 Å². The van der Waals surface area contributed by atoms with Crippen molar-refractivity contribution < 1.29 is 8.78 Å². The zero-order valence-electron chi connectivity index (χ0n) is 10.4. The number of pyridine rings is 1. The summed E-state index contributed by atoms with van der Waals surface area (Å²) in [4.78, 5) is 4.11. The van der Waals surface area contributed by atoms with E-state index < -0.39 is 5.82 Å². The van der Waals surface area contributed by atoms with Gasteiger partial charge in [-0.3, -0.25) is 0 Å². The number of nitrogens with zero attached hydrogens (tertiary/aromatic N) is 2. The summed E-state index contributed by atoms with van der Waals surface area (Å²) >= 11 is 0. The third-order valence-electron chi connectivity index (χ3n) is 3.24. The number of imidazole rings is 1. The molecule has 0 radical (unpaired) electrons. The van der Waals surface area contributed by atoms with Gasteiger partial charge in [-0.05, 0) is 18.1 Å². The van der Waals surface area contributed by atoms with Crippen molar-refractivity contribution in [3.63, 3.8) is 0 Å². The van der Waals surface area contributed by atoms with Gasteiger partial charge in [0, 0.05) is 24.2 Å². The van der Waals surface area contributed by atoms with E-state index in [2.05, 4.69) is 4.98 Å². The van der Waals surface area contributed by atoms with Crippen molar-refractivity contribution in [1.82, 2.24) is 9.38 Å². The first-order valence-corrected chi connectivity index (χ1v) is 6.11. The Bertz CT molecular complexity index is 747. The second kappa shape index (κ2) is 4.46. The van der Waals surface area contributed by atoms with Gasteiger partial charge in [-0.25, -0.2) is 13.8 Å². The van der Waals surface area contributed by atoms with Gasteiger partial charge in [0.15, 0.2) is 0 Å². The molecule has 0 fully saturated rings. The van der Waals surface area contributed by atoms with Crippen LogP contribution in [0.2, 0.25) is 0 Å². The van der Waals surface area contributed by atoms with E-state index in [1.807, 2.05) is 6.92 Å². The quantitative estimate of drug-likeness (QED) is 0.682. The Morgan fingerprint density at radius 3 is 2.79 bits per heavy atom. The van der Waals surface area contributed by atoms with Crippen LogP contribution in [0.1, 0.15) is 12.5 Å². The molecule has 0 aliphatic rings. The van der Waals surface area contributed by atoms with Crippen molar-refractivity contribution in [3.8, 4) is 11.1 Å². The smallest absolute Gasteiger partial charge is 0.147 e. The molecule has 0 saturated carbocycles. The van der Waals surface area contributed by atoms with E-state index in [0.29, 0.717) is 17.6 Å². The predicted octanol–water partition coefficient (Wildman–Crippen LogP) is 3.84. The Morgan fingerprint density at radius 1 is 1.16 bits per heavy atom. The summed E-state index contributed by atoms with van der Waals surface area (Å²) in [6, 6.07) is 6.36. The van der Waals surface area contributed by atoms with Gasteiger partial charge < -0.3 is 4.40 Å². The molecule has 0 spiro atoms. The lowest BCUT2D eigenvalue weighted by atomic mass is 10.0. The van der Waals surface area contributed by atoms with Crippen LogP contribution in [0.25, 0.3) is 16.8 Å². The molecule has 19 heavy (non-hydrogen) atoms. The van der Waals surface area contributed by atoms with E-state index in [9.17, 15) is 8.78 Å². The van der Waals surface area contributed by atoms with Gasteiger partial charge >= 0.3 is 0 Å². The van der Waals surface area contributed by atoms with Crippen LogP contribution >= 0.6 is 0 Å². The van der Waals surface area contributed by atoms with Gasteiger partial charge in [-0.2, -0.15) is 0 Å². The van der Waals surface area contributed by atoms with Gasteiger partial charge in [0.2, 0.25) is 0 Å². The van der Waals surface area contributed by atoms with Gasteiger partial charge in [-0.1, -0.05) is 25.1 Å². The van der Waals surface area contributed by atoms with Crippen molar-refractivity contribution in [3.05, 3.63) is 60.1 Å². The number of benzene rings is 1. The highest BCUT2D eigenvalue weighted by Gasteiger charge is 2.16. The summed E-state index contributed by atoms with van der Waals surface area (Å²) < 4.78 is 30.1. The Kier molecular flexibility index (Phi) is 2.78. The van der Waals surface area contributed by atoms with Crippen LogP contribution < -0.4 is 0 Å². The second-order valence-electron chi connectivity index (χ2n) is 4.33. The number of fused-ring (bicyclic) bond motifs is 1. The van der Waals surface area contributed by atoms with E-state index in [1.54, 1.807) is 41.2 Å². The lowest BCUT2D eigenvalue weighted by Gasteiger charge is -2.09. The molecule has 2 heterocycles. The van der Waals surface area contributed by atoms with Crippen LogP contribution in [0.15, 0.2) is 42.9 Å². The Hall–Kier alpha value is -2.23. The molecule has 0 unspecified atom stereocenters. The van der Waals surface area contributed by atoms with Crippen LogP contribution in [0.3, 0.4) is 0 Å². The molecule has 3 aromatic rings. The monoisotopic (exact) mass is 258 g/mol. The standard InChI is InChI=1S/C15H12F2N2/c1-2-10-4-3-5-11(14(10)17)13-12(16)6-8-19-9-7-18-15(13)19/h3-9H,2H2,1H3. The van der Waals surface area contributed by atoms with Gasteiger partial charge in [-0.15, -0.1) is 0 Å². The summed E-state index contributed by atoms with van der Waals surface area (Å²) in [5.41, 5.74) is 1.46. The van der Waals surface area contributed by atoms with E-state index in [0.717, 1.165) is 0 Å². The van der Waals surface area contributed by atoms with Crippen molar-refractivity contribution >= 4 is 5.65 Å². The predicted molar refractivity (Wildman–Crippen MR) is 69.9 cm³/mol. The molecule has 0 aliphatic heterocycles. The number of aromatic nitrogens is 2. The Balaban J connectivity index is 2.36. The SMILES string of the molecule is CCc1cccc(-c2c(F)ccn3ccnc23)c1F. The van der Waals surface area contributed by atoms with Gasteiger partial charge in [0.1, 0.15) is 17.3 Å². The normalized spacial score (nSPS) is 11.1. The number of halogens is 2. The molecule has 0 aliphatic carbocycles. The molecule has 0 saturated heterocycles. The summed E-state index contributed by atoms with van der Waals surface area (Å²) in [5.74, 6) is -0.842. The molecule has 96 valence electrons. The van der Waals surface area contributed by atoms with E-state index in [-0.39, 0.29) is 16.9 Å². The molecule has 3 rings (SSSR count). The molecule has 0 amide bonds. The topological polar surface area (TPSA) is 17.3 Å². The molecule has 0 N–H and O–H groups in total. The van der Waals surface area contributed by atoms with Crippen molar-refractivity contribution in [2.45, 2.75) is 13.3 Å². The lowest BCUT2D eigenvalue weighted by Crippen LogP contribution is -1.97. The second-order valence-corrected chi connectivity index (χ2v) is 4.33. The lowest BCUT2D eigenvalue weighted by molar-refractivity contribution is 0.606. The first kappa shape index (κ1) is 11.8. The summed E-state index contributed by atoms with van der Waals surface area (Å²) in [7, 11) is 0. The van der Waals surface area contributed by atoms with Crippen LogP contribution in [0.5, 0.6) is 0 Å². The van der Waals surface area contributed by atoms with Crippen LogP contribution in [-0.4, -0.2) is 9.38 Å². The molecular weight excluding hydrogens is 246 g/mol. The summed E-state index contributed by atoms with van der Waals surface area (Å²) in [6.07, 6.45) is 5.42. The largest absolute Gasteiger partial charge is 0.306 e. The zero-order chi connectivity index (χ0) is 13.4. The highest BCUT2D eigenvalue weighted by molar-refractivity contribution is 5.78. The number of rotatable bonds is 2. The maximum Gasteiger partial charge on any atom is 0.147 e. The molecular formula is C15H12F2N2. The van der Waals surface area contributed by atoms with Gasteiger partial charge in [0.05, 0.1) is 5.56 Å². The van der Waals surface area contributed by atoms with Crippen molar-refractivity contribution in [2.75, 3.05) is 0 Å². The fourth-order valence-corrected chi connectivity index (χ4v) is 2.26. The molecule has 1 aromatic carbocycles. The maximum absolute atomic E-state index is 14.4.